The number of benzene rings is 1. The SMILES string of the molecule is Cc1ccccc1C(C)NCC(=O)NCC1CCCCC1. The Bertz CT molecular complexity index is 452. The van der Waals surface area contributed by atoms with Crippen molar-refractivity contribution in [3.63, 3.8) is 0 Å². The molecule has 0 radical (unpaired) electrons. The van der Waals surface area contributed by atoms with Crippen molar-refractivity contribution in [1.29, 1.82) is 0 Å². The molecule has 0 heterocycles. The third-order valence-corrected chi connectivity index (χ3v) is 4.54. The fraction of sp³-hybridized carbons (Fsp3) is 0.611. The Hall–Kier alpha value is -1.35. The standard InChI is InChI=1S/C18H28N2O/c1-14-8-6-7-11-17(14)15(2)19-13-18(21)20-12-16-9-4-3-5-10-16/h6-8,11,15-16,19H,3-5,9-10,12-13H2,1-2H3,(H,20,21). The lowest BCUT2D eigenvalue weighted by molar-refractivity contribution is -0.120. The lowest BCUT2D eigenvalue weighted by Gasteiger charge is -2.22. The predicted octanol–water partition coefficient (Wildman–Crippen LogP) is 3.34. The van der Waals surface area contributed by atoms with Crippen LogP contribution in [0.25, 0.3) is 0 Å². The van der Waals surface area contributed by atoms with Gasteiger partial charge in [-0.05, 0) is 43.7 Å². The van der Waals surface area contributed by atoms with E-state index >= 15 is 0 Å². The molecule has 116 valence electrons. The van der Waals surface area contributed by atoms with Crippen molar-refractivity contribution in [3.05, 3.63) is 35.4 Å². The van der Waals surface area contributed by atoms with Crippen LogP contribution in [-0.4, -0.2) is 19.0 Å². The maximum atomic E-state index is 11.9. The van der Waals surface area contributed by atoms with Gasteiger partial charge in [-0.15, -0.1) is 0 Å². The summed E-state index contributed by atoms with van der Waals surface area (Å²) >= 11 is 0. The van der Waals surface area contributed by atoms with E-state index in [2.05, 4.69) is 36.6 Å². The predicted molar refractivity (Wildman–Crippen MR) is 87.2 cm³/mol. The molecule has 1 amide bonds. The highest BCUT2D eigenvalue weighted by atomic mass is 16.1. The molecule has 1 aliphatic carbocycles. The third-order valence-electron chi connectivity index (χ3n) is 4.54. The van der Waals surface area contributed by atoms with Gasteiger partial charge in [0.05, 0.1) is 6.54 Å². The van der Waals surface area contributed by atoms with Crippen LogP contribution >= 0.6 is 0 Å². The topological polar surface area (TPSA) is 41.1 Å². The molecule has 3 heteroatoms. The molecule has 2 rings (SSSR count). The highest BCUT2D eigenvalue weighted by Crippen LogP contribution is 2.22. The molecular formula is C18H28N2O. The molecule has 1 atom stereocenters. The Balaban J connectivity index is 1.69. The van der Waals surface area contributed by atoms with E-state index in [-0.39, 0.29) is 11.9 Å². The minimum absolute atomic E-state index is 0.112. The zero-order valence-corrected chi connectivity index (χ0v) is 13.3. The third kappa shape index (κ3) is 5.16. The van der Waals surface area contributed by atoms with Crippen LogP contribution in [0, 0.1) is 12.8 Å². The molecule has 0 spiro atoms. The van der Waals surface area contributed by atoms with Crippen LogP contribution in [0.5, 0.6) is 0 Å². The van der Waals surface area contributed by atoms with Gasteiger partial charge in [0.25, 0.3) is 0 Å². The Morgan fingerprint density at radius 2 is 1.95 bits per heavy atom. The first-order chi connectivity index (χ1) is 10.2. The monoisotopic (exact) mass is 288 g/mol. The summed E-state index contributed by atoms with van der Waals surface area (Å²) in [6.45, 7) is 5.45. The normalized spacial score (nSPS) is 17.4. The van der Waals surface area contributed by atoms with Crippen LogP contribution in [0.4, 0.5) is 0 Å². The van der Waals surface area contributed by atoms with E-state index in [1.54, 1.807) is 0 Å². The number of amides is 1. The van der Waals surface area contributed by atoms with E-state index in [9.17, 15) is 4.79 Å². The molecule has 3 nitrogen and oxygen atoms in total. The van der Waals surface area contributed by atoms with Crippen LogP contribution in [0.15, 0.2) is 24.3 Å². The summed E-state index contributed by atoms with van der Waals surface area (Å²) in [5, 5.41) is 6.39. The van der Waals surface area contributed by atoms with Gasteiger partial charge in [0.2, 0.25) is 5.91 Å². The van der Waals surface area contributed by atoms with Crippen molar-refractivity contribution in [2.24, 2.45) is 5.92 Å². The van der Waals surface area contributed by atoms with Crippen molar-refractivity contribution < 1.29 is 4.79 Å². The second-order valence-electron chi connectivity index (χ2n) is 6.27. The Kier molecular flexibility index (Phi) is 6.24. The number of carbonyl (C=O) groups excluding carboxylic acids is 1. The van der Waals surface area contributed by atoms with Gasteiger partial charge in [0.1, 0.15) is 0 Å². The van der Waals surface area contributed by atoms with Crippen LogP contribution in [0.3, 0.4) is 0 Å². The number of rotatable bonds is 6. The quantitative estimate of drug-likeness (QED) is 0.843. The molecule has 1 unspecified atom stereocenters. The highest BCUT2D eigenvalue weighted by molar-refractivity contribution is 5.78. The summed E-state index contributed by atoms with van der Waals surface area (Å²) in [5.74, 6) is 0.803. The van der Waals surface area contributed by atoms with Gasteiger partial charge >= 0.3 is 0 Å². The first kappa shape index (κ1) is 16.0. The molecular weight excluding hydrogens is 260 g/mol. The van der Waals surface area contributed by atoms with E-state index in [4.69, 9.17) is 0 Å². The van der Waals surface area contributed by atoms with Gasteiger partial charge in [-0.1, -0.05) is 43.5 Å². The van der Waals surface area contributed by atoms with Gasteiger partial charge in [-0.25, -0.2) is 0 Å². The number of hydrogen-bond donors (Lipinski definition) is 2. The number of hydrogen-bond acceptors (Lipinski definition) is 2. The van der Waals surface area contributed by atoms with E-state index in [1.807, 2.05) is 12.1 Å². The summed E-state index contributed by atoms with van der Waals surface area (Å²) in [6.07, 6.45) is 6.55. The van der Waals surface area contributed by atoms with Crippen LogP contribution in [-0.2, 0) is 4.79 Å². The highest BCUT2D eigenvalue weighted by Gasteiger charge is 2.14. The van der Waals surface area contributed by atoms with Gasteiger partial charge < -0.3 is 10.6 Å². The lowest BCUT2D eigenvalue weighted by atomic mass is 9.89. The Morgan fingerprint density at radius 3 is 2.67 bits per heavy atom. The van der Waals surface area contributed by atoms with Crippen molar-refractivity contribution >= 4 is 5.91 Å². The molecule has 1 aliphatic rings. The minimum atomic E-state index is 0.112. The molecule has 0 aliphatic heterocycles. The van der Waals surface area contributed by atoms with E-state index in [1.165, 1.54) is 43.2 Å². The fourth-order valence-electron chi connectivity index (χ4n) is 3.14. The average molecular weight is 288 g/mol. The minimum Gasteiger partial charge on any atom is -0.355 e. The zero-order valence-electron chi connectivity index (χ0n) is 13.3. The number of carbonyl (C=O) groups is 1. The average Bonchev–Trinajstić information content (AvgIpc) is 2.52. The van der Waals surface area contributed by atoms with E-state index < -0.39 is 0 Å². The zero-order chi connectivity index (χ0) is 15.1. The maximum absolute atomic E-state index is 11.9. The van der Waals surface area contributed by atoms with Crippen molar-refractivity contribution in [1.82, 2.24) is 10.6 Å². The van der Waals surface area contributed by atoms with E-state index in [0.29, 0.717) is 12.5 Å². The number of nitrogens with one attached hydrogen (secondary N) is 2. The second-order valence-corrected chi connectivity index (χ2v) is 6.27. The van der Waals surface area contributed by atoms with Crippen LogP contribution < -0.4 is 10.6 Å². The summed E-state index contributed by atoms with van der Waals surface area (Å²) < 4.78 is 0. The molecule has 1 aromatic rings. The van der Waals surface area contributed by atoms with E-state index in [0.717, 1.165) is 6.54 Å². The maximum Gasteiger partial charge on any atom is 0.233 e. The van der Waals surface area contributed by atoms with Crippen molar-refractivity contribution in [2.45, 2.75) is 52.0 Å². The lowest BCUT2D eigenvalue weighted by Crippen LogP contribution is -2.37. The van der Waals surface area contributed by atoms with Crippen molar-refractivity contribution in [2.75, 3.05) is 13.1 Å². The molecule has 0 bridgehead atoms. The summed E-state index contributed by atoms with van der Waals surface area (Å²) in [7, 11) is 0. The largest absolute Gasteiger partial charge is 0.355 e. The Morgan fingerprint density at radius 1 is 1.24 bits per heavy atom. The molecule has 0 saturated heterocycles. The second kappa shape index (κ2) is 8.18. The van der Waals surface area contributed by atoms with Gasteiger partial charge in [0, 0.05) is 12.6 Å². The van der Waals surface area contributed by atoms with Crippen LogP contribution in [0.2, 0.25) is 0 Å². The molecule has 1 aromatic carbocycles. The van der Waals surface area contributed by atoms with Crippen molar-refractivity contribution in [3.8, 4) is 0 Å². The summed E-state index contributed by atoms with van der Waals surface area (Å²) in [4.78, 5) is 11.9. The first-order valence-electron chi connectivity index (χ1n) is 8.22. The molecule has 2 N–H and O–H groups in total. The number of aryl methyl sites for hydroxylation is 1. The van der Waals surface area contributed by atoms with Gasteiger partial charge in [-0.2, -0.15) is 0 Å². The molecule has 0 aromatic heterocycles. The van der Waals surface area contributed by atoms with Crippen LogP contribution in [0.1, 0.15) is 56.2 Å². The summed E-state index contributed by atoms with van der Waals surface area (Å²) in [6, 6.07) is 8.52. The van der Waals surface area contributed by atoms with Gasteiger partial charge in [0.15, 0.2) is 0 Å². The fourth-order valence-corrected chi connectivity index (χ4v) is 3.14. The smallest absolute Gasteiger partial charge is 0.233 e. The molecule has 1 fully saturated rings. The molecule has 1 saturated carbocycles. The van der Waals surface area contributed by atoms with Gasteiger partial charge in [-0.3, -0.25) is 4.79 Å². The Labute approximate surface area is 128 Å². The molecule has 21 heavy (non-hydrogen) atoms. The summed E-state index contributed by atoms with van der Waals surface area (Å²) in [5.41, 5.74) is 2.53. The first-order valence-corrected chi connectivity index (χ1v) is 8.22.